The number of aryl methyl sites for hydroxylation is 1. The standard InChI is InChI=1S/C14H17F3N2O2.ClH/c15-14(16,17)6-5-10-1-3-11(4-2-10)19-13(20)12-9-18-7-8-21-12;/h1-4,12,18H,5-9H2,(H,19,20);1H. The highest BCUT2D eigenvalue weighted by atomic mass is 35.5. The average molecular weight is 339 g/mol. The van der Waals surface area contributed by atoms with Gasteiger partial charge < -0.3 is 15.4 Å². The summed E-state index contributed by atoms with van der Waals surface area (Å²) in [7, 11) is 0. The van der Waals surface area contributed by atoms with Crippen LogP contribution in [0.25, 0.3) is 0 Å². The summed E-state index contributed by atoms with van der Waals surface area (Å²) in [5.74, 6) is -0.259. The lowest BCUT2D eigenvalue weighted by Gasteiger charge is -2.22. The molecule has 1 saturated heterocycles. The Morgan fingerprint density at radius 2 is 2.00 bits per heavy atom. The Morgan fingerprint density at radius 1 is 1.32 bits per heavy atom. The lowest BCUT2D eigenvalue weighted by molar-refractivity contribution is -0.134. The smallest absolute Gasteiger partial charge is 0.366 e. The first kappa shape index (κ1) is 18.7. The van der Waals surface area contributed by atoms with E-state index in [9.17, 15) is 18.0 Å². The van der Waals surface area contributed by atoms with Crippen molar-refractivity contribution in [3.63, 3.8) is 0 Å². The van der Waals surface area contributed by atoms with Crippen LogP contribution >= 0.6 is 12.4 Å². The fourth-order valence-electron chi connectivity index (χ4n) is 2.00. The molecule has 1 unspecified atom stereocenters. The number of carbonyl (C=O) groups is 1. The molecule has 1 aliphatic rings. The highest BCUT2D eigenvalue weighted by Gasteiger charge is 2.26. The first-order valence-electron chi connectivity index (χ1n) is 6.73. The van der Waals surface area contributed by atoms with Crippen LogP contribution in [0.15, 0.2) is 24.3 Å². The van der Waals surface area contributed by atoms with Crippen molar-refractivity contribution in [1.29, 1.82) is 0 Å². The molecule has 4 nitrogen and oxygen atoms in total. The van der Waals surface area contributed by atoms with Crippen LogP contribution in [0, 0.1) is 0 Å². The fourth-order valence-corrected chi connectivity index (χ4v) is 2.00. The summed E-state index contributed by atoms with van der Waals surface area (Å²) in [5.41, 5.74) is 1.13. The van der Waals surface area contributed by atoms with Gasteiger partial charge in [-0.15, -0.1) is 12.4 Å². The Morgan fingerprint density at radius 3 is 2.55 bits per heavy atom. The Hall–Kier alpha value is -1.31. The summed E-state index contributed by atoms with van der Waals surface area (Å²) in [6.45, 7) is 1.65. The zero-order valence-electron chi connectivity index (χ0n) is 11.8. The van der Waals surface area contributed by atoms with Crippen molar-refractivity contribution in [2.75, 3.05) is 25.0 Å². The number of hydrogen-bond donors (Lipinski definition) is 2. The van der Waals surface area contributed by atoms with Crippen LogP contribution in [-0.4, -0.2) is 37.9 Å². The van der Waals surface area contributed by atoms with Gasteiger partial charge in [0.15, 0.2) is 0 Å². The summed E-state index contributed by atoms with van der Waals surface area (Å²) < 4.78 is 41.7. The van der Waals surface area contributed by atoms with E-state index in [4.69, 9.17) is 4.74 Å². The van der Waals surface area contributed by atoms with Crippen LogP contribution in [0.1, 0.15) is 12.0 Å². The molecule has 1 amide bonds. The number of rotatable bonds is 4. The number of nitrogens with one attached hydrogen (secondary N) is 2. The number of ether oxygens (including phenoxy) is 1. The Kier molecular flexibility index (Phi) is 7.12. The molecule has 8 heteroatoms. The molecule has 1 aromatic rings. The van der Waals surface area contributed by atoms with E-state index in [1.54, 1.807) is 24.3 Å². The number of benzene rings is 1. The summed E-state index contributed by atoms with van der Waals surface area (Å²) in [5, 5.41) is 5.73. The summed E-state index contributed by atoms with van der Waals surface area (Å²) in [6, 6.07) is 6.36. The maximum atomic E-state index is 12.1. The maximum Gasteiger partial charge on any atom is 0.389 e. The quantitative estimate of drug-likeness (QED) is 0.887. The molecule has 1 aliphatic heterocycles. The SMILES string of the molecule is Cl.O=C(Nc1ccc(CCC(F)(F)F)cc1)C1CNCCO1. The summed E-state index contributed by atoms with van der Waals surface area (Å²) in [4.78, 5) is 11.9. The van der Waals surface area contributed by atoms with Crippen molar-refractivity contribution in [2.24, 2.45) is 0 Å². The van der Waals surface area contributed by atoms with E-state index in [1.807, 2.05) is 0 Å². The maximum absolute atomic E-state index is 12.1. The molecule has 2 rings (SSSR count). The van der Waals surface area contributed by atoms with E-state index in [-0.39, 0.29) is 24.7 Å². The molecule has 1 heterocycles. The van der Waals surface area contributed by atoms with Gasteiger partial charge in [0.2, 0.25) is 0 Å². The van der Waals surface area contributed by atoms with Gasteiger partial charge in [0, 0.05) is 25.2 Å². The molecule has 124 valence electrons. The molecule has 0 bridgehead atoms. The molecule has 1 aromatic carbocycles. The fraction of sp³-hybridized carbons (Fsp3) is 0.500. The second-order valence-corrected chi connectivity index (χ2v) is 4.86. The Bertz CT molecular complexity index is 474. The highest BCUT2D eigenvalue weighted by molar-refractivity contribution is 5.94. The number of morpholine rings is 1. The Labute approximate surface area is 132 Å². The molecular weight excluding hydrogens is 321 g/mol. The largest absolute Gasteiger partial charge is 0.389 e. The molecule has 0 spiro atoms. The number of alkyl halides is 3. The minimum atomic E-state index is -4.15. The lowest BCUT2D eigenvalue weighted by atomic mass is 10.1. The molecular formula is C14H18ClF3N2O2. The van der Waals surface area contributed by atoms with Crippen LogP contribution in [0.4, 0.5) is 18.9 Å². The van der Waals surface area contributed by atoms with Crippen molar-refractivity contribution < 1.29 is 22.7 Å². The number of hydrogen-bond acceptors (Lipinski definition) is 3. The minimum Gasteiger partial charge on any atom is -0.366 e. The molecule has 1 fully saturated rings. The van der Waals surface area contributed by atoms with Gasteiger partial charge in [0.05, 0.1) is 6.61 Å². The van der Waals surface area contributed by atoms with E-state index in [0.29, 0.717) is 24.4 Å². The topological polar surface area (TPSA) is 50.4 Å². The minimum absolute atomic E-state index is 0. The molecule has 0 aromatic heterocycles. The summed E-state index contributed by atoms with van der Waals surface area (Å²) >= 11 is 0. The highest BCUT2D eigenvalue weighted by Crippen LogP contribution is 2.22. The zero-order valence-corrected chi connectivity index (χ0v) is 12.6. The van der Waals surface area contributed by atoms with E-state index in [1.165, 1.54) is 0 Å². The van der Waals surface area contributed by atoms with Gasteiger partial charge in [-0.25, -0.2) is 0 Å². The number of amides is 1. The van der Waals surface area contributed by atoms with E-state index in [2.05, 4.69) is 10.6 Å². The molecule has 22 heavy (non-hydrogen) atoms. The Balaban J connectivity index is 0.00000242. The molecule has 0 saturated carbocycles. The van der Waals surface area contributed by atoms with Crippen LogP contribution < -0.4 is 10.6 Å². The second-order valence-electron chi connectivity index (χ2n) is 4.86. The van der Waals surface area contributed by atoms with Gasteiger partial charge in [-0.05, 0) is 24.1 Å². The molecule has 0 aliphatic carbocycles. The predicted molar refractivity (Wildman–Crippen MR) is 79.3 cm³/mol. The third kappa shape index (κ3) is 6.21. The van der Waals surface area contributed by atoms with Gasteiger partial charge >= 0.3 is 6.18 Å². The normalized spacial score (nSPS) is 18.4. The van der Waals surface area contributed by atoms with Crippen molar-refractivity contribution in [1.82, 2.24) is 5.32 Å². The van der Waals surface area contributed by atoms with E-state index in [0.717, 1.165) is 6.54 Å². The van der Waals surface area contributed by atoms with Crippen LogP contribution in [0.2, 0.25) is 0 Å². The van der Waals surface area contributed by atoms with Crippen molar-refractivity contribution >= 4 is 24.0 Å². The predicted octanol–water partition coefficient (Wildman–Crippen LogP) is 2.53. The van der Waals surface area contributed by atoms with Crippen molar-refractivity contribution in [3.8, 4) is 0 Å². The van der Waals surface area contributed by atoms with Crippen molar-refractivity contribution in [2.45, 2.75) is 25.1 Å². The molecule has 1 atom stereocenters. The average Bonchev–Trinajstić information content (AvgIpc) is 2.46. The van der Waals surface area contributed by atoms with Crippen LogP contribution in [0.5, 0.6) is 0 Å². The van der Waals surface area contributed by atoms with Gasteiger partial charge in [0.25, 0.3) is 5.91 Å². The number of halogens is 4. The lowest BCUT2D eigenvalue weighted by Crippen LogP contribution is -2.45. The number of anilines is 1. The van der Waals surface area contributed by atoms with Gasteiger partial charge in [-0.3, -0.25) is 4.79 Å². The van der Waals surface area contributed by atoms with E-state index < -0.39 is 18.7 Å². The van der Waals surface area contributed by atoms with Gasteiger partial charge in [-0.2, -0.15) is 13.2 Å². The van der Waals surface area contributed by atoms with E-state index >= 15 is 0 Å². The molecule has 2 N–H and O–H groups in total. The van der Waals surface area contributed by atoms with Gasteiger partial charge in [0.1, 0.15) is 6.10 Å². The van der Waals surface area contributed by atoms with Crippen LogP contribution in [0.3, 0.4) is 0 Å². The molecule has 0 radical (unpaired) electrons. The monoisotopic (exact) mass is 338 g/mol. The second kappa shape index (κ2) is 8.36. The summed E-state index contributed by atoms with van der Waals surface area (Å²) in [6.07, 6.45) is -5.60. The number of carbonyl (C=O) groups excluding carboxylic acids is 1. The first-order valence-corrected chi connectivity index (χ1v) is 6.73. The van der Waals surface area contributed by atoms with Gasteiger partial charge in [-0.1, -0.05) is 12.1 Å². The third-order valence-electron chi connectivity index (χ3n) is 3.14. The zero-order chi connectivity index (χ0) is 15.3. The van der Waals surface area contributed by atoms with Crippen molar-refractivity contribution in [3.05, 3.63) is 29.8 Å². The third-order valence-corrected chi connectivity index (χ3v) is 3.14. The van der Waals surface area contributed by atoms with Crippen LogP contribution in [-0.2, 0) is 16.0 Å². The first-order chi connectivity index (χ1) is 9.94.